The monoisotopic (exact) mass is 347 g/mol. The Balaban J connectivity index is 1.81. The van der Waals surface area contributed by atoms with Crippen LogP contribution in [-0.2, 0) is 16.1 Å². The number of rotatable bonds is 9. The Kier molecular flexibility index (Phi) is 7.88. The van der Waals surface area contributed by atoms with Gasteiger partial charge in [-0.15, -0.1) is 0 Å². The molecule has 25 heavy (non-hydrogen) atoms. The molecule has 5 heteroatoms. The van der Waals surface area contributed by atoms with Crippen LogP contribution in [0, 0.1) is 0 Å². The van der Waals surface area contributed by atoms with Crippen LogP contribution in [0.15, 0.2) is 30.3 Å². The maximum Gasteiger partial charge on any atom is 0.234 e. The molecule has 1 fully saturated rings. The van der Waals surface area contributed by atoms with Crippen LogP contribution in [0.25, 0.3) is 0 Å². The Bertz CT molecular complexity index is 513. The molecule has 1 saturated heterocycles. The zero-order valence-electron chi connectivity index (χ0n) is 16.0. The summed E-state index contributed by atoms with van der Waals surface area (Å²) in [6, 6.07) is 10.3. The topological polar surface area (TPSA) is 44.8 Å². The summed E-state index contributed by atoms with van der Waals surface area (Å²) in [5.74, 6) is 0.103. The molecule has 0 spiro atoms. The average molecular weight is 348 g/mol. The van der Waals surface area contributed by atoms with E-state index in [1.54, 1.807) is 0 Å². The minimum absolute atomic E-state index is 0.0472. The second kappa shape index (κ2) is 9.90. The van der Waals surface area contributed by atoms with Crippen LogP contribution >= 0.6 is 0 Å². The van der Waals surface area contributed by atoms with Gasteiger partial charge in [-0.2, -0.15) is 0 Å². The van der Waals surface area contributed by atoms with Gasteiger partial charge in [-0.25, -0.2) is 0 Å². The maximum absolute atomic E-state index is 12.5. The van der Waals surface area contributed by atoms with Crippen molar-refractivity contribution >= 4 is 5.91 Å². The van der Waals surface area contributed by atoms with Gasteiger partial charge in [-0.05, 0) is 32.4 Å². The van der Waals surface area contributed by atoms with Gasteiger partial charge in [0.1, 0.15) is 0 Å². The van der Waals surface area contributed by atoms with Crippen molar-refractivity contribution in [2.45, 2.75) is 39.3 Å². The van der Waals surface area contributed by atoms with Gasteiger partial charge in [-0.1, -0.05) is 37.3 Å². The molecular formula is C20H33N3O2. The normalized spacial score (nSPS) is 16.2. The van der Waals surface area contributed by atoms with E-state index in [-0.39, 0.29) is 11.4 Å². The molecule has 0 aromatic heterocycles. The van der Waals surface area contributed by atoms with Gasteiger partial charge in [0, 0.05) is 31.7 Å². The standard InChI is InChI=1S/C20H33N3O2/c1-4-10-22(15-18-8-6-5-7-9-18)16-19(24)21-17-20(2,3)23-11-13-25-14-12-23/h5-9H,4,10-17H2,1-3H3,(H,21,24). The summed E-state index contributed by atoms with van der Waals surface area (Å²) in [6.07, 6.45) is 1.04. The van der Waals surface area contributed by atoms with Crippen LogP contribution in [0.5, 0.6) is 0 Å². The van der Waals surface area contributed by atoms with Crippen LogP contribution < -0.4 is 5.32 Å². The molecule has 0 unspecified atom stereocenters. The molecule has 1 aliphatic rings. The molecule has 0 aliphatic carbocycles. The van der Waals surface area contributed by atoms with Crippen molar-refractivity contribution in [1.82, 2.24) is 15.1 Å². The molecule has 1 N–H and O–H groups in total. The largest absolute Gasteiger partial charge is 0.379 e. The summed E-state index contributed by atoms with van der Waals surface area (Å²) in [4.78, 5) is 17.1. The highest BCUT2D eigenvalue weighted by Crippen LogP contribution is 2.15. The summed E-state index contributed by atoms with van der Waals surface area (Å²) in [5.41, 5.74) is 1.20. The fourth-order valence-electron chi connectivity index (χ4n) is 3.23. The van der Waals surface area contributed by atoms with Crippen molar-refractivity contribution in [2.24, 2.45) is 0 Å². The van der Waals surface area contributed by atoms with E-state index >= 15 is 0 Å². The Morgan fingerprint density at radius 2 is 1.92 bits per heavy atom. The highest BCUT2D eigenvalue weighted by atomic mass is 16.5. The third-order valence-corrected chi connectivity index (χ3v) is 4.74. The maximum atomic E-state index is 12.5. The zero-order chi connectivity index (χ0) is 18.1. The van der Waals surface area contributed by atoms with Gasteiger partial charge in [-0.3, -0.25) is 14.6 Å². The van der Waals surface area contributed by atoms with E-state index in [1.165, 1.54) is 5.56 Å². The van der Waals surface area contributed by atoms with Gasteiger partial charge in [0.05, 0.1) is 19.8 Å². The highest BCUT2D eigenvalue weighted by Gasteiger charge is 2.28. The van der Waals surface area contributed by atoms with E-state index in [9.17, 15) is 4.79 Å². The number of hydrogen-bond donors (Lipinski definition) is 1. The lowest BCUT2D eigenvalue weighted by Crippen LogP contribution is -2.56. The molecule has 1 amide bonds. The fraction of sp³-hybridized carbons (Fsp3) is 0.650. The molecule has 0 bridgehead atoms. The molecule has 5 nitrogen and oxygen atoms in total. The van der Waals surface area contributed by atoms with E-state index in [0.29, 0.717) is 13.1 Å². The van der Waals surface area contributed by atoms with Crippen molar-refractivity contribution in [3.05, 3.63) is 35.9 Å². The molecule has 1 aromatic rings. The van der Waals surface area contributed by atoms with Crippen LogP contribution in [0.3, 0.4) is 0 Å². The number of nitrogens with zero attached hydrogens (tertiary/aromatic N) is 2. The summed E-state index contributed by atoms with van der Waals surface area (Å²) in [7, 11) is 0. The summed E-state index contributed by atoms with van der Waals surface area (Å²) in [5, 5.41) is 3.13. The first-order valence-electron chi connectivity index (χ1n) is 9.37. The van der Waals surface area contributed by atoms with E-state index in [0.717, 1.165) is 45.8 Å². The van der Waals surface area contributed by atoms with Crippen molar-refractivity contribution in [3.63, 3.8) is 0 Å². The SMILES string of the molecule is CCCN(CC(=O)NCC(C)(C)N1CCOCC1)Cc1ccccc1. The third kappa shape index (κ3) is 6.77. The van der Waals surface area contributed by atoms with Crippen LogP contribution in [0.4, 0.5) is 0 Å². The van der Waals surface area contributed by atoms with Crippen molar-refractivity contribution < 1.29 is 9.53 Å². The number of morpholine rings is 1. The number of carbonyl (C=O) groups is 1. The average Bonchev–Trinajstić information content (AvgIpc) is 2.62. The molecule has 1 aromatic carbocycles. The number of amides is 1. The number of nitrogens with one attached hydrogen (secondary N) is 1. The van der Waals surface area contributed by atoms with E-state index in [1.807, 2.05) is 18.2 Å². The van der Waals surface area contributed by atoms with Gasteiger partial charge in [0.25, 0.3) is 0 Å². The Hall–Kier alpha value is -1.43. The molecule has 0 atom stereocenters. The first-order chi connectivity index (χ1) is 12.0. The first kappa shape index (κ1) is 19.9. The minimum atomic E-state index is -0.0472. The quantitative estimate of drug-likeness (QED) is 0.743. The lowest BCUT2D eigenvalue weighted by Gasteiger charge is -2.41. The minimum Gasteiger partial charge on any atom is -0.379 e. The Morgan fingerprint density at radius 1 is 1.24 bits per heavy atom. The van der Waals surface area contributed by atoms with Gasteiger partial charge >= 0.3 is 0 Å². The second-order valence-electron chi connectivity index (χ2n) is 7.38. The summed E-state index contributed by atoms with van der Waals surface area (Å²) < 4.78 is 5.42. The van der Waals surface area contributed by atoms with Crippen LogP contribution in [0.2, 0.25) is 0 Å². The zero-order valence-corrected chi connectivity index (χ0v) is 16.0. The lowest BCUT2D eigenvalue weighted by molar-refractivity contribution is -0.123. The van der Waals surface area contributed by atoms with Crippen molar-refractivity contribution in [3.8, 4) is 0 Å². The fourth-order valence-corrected chi connectivity index (χ4v) is 3.23. The lowest BCUT2D eigenvalue weighted by atomic mass is 10.0. The number of benzene rings is 1. The number of hydrogen-bond acceptors (Lipinski definition) is 4. The first-order valence-corrected chi connectivity index (χ1v) is 9.37. The number of ether oxygens (including phenoxy) is 1. The van der Waals surface area contributed by atoms with Gasteiger partial charge < -0.3 is 10.1 Å². The predicted octanol–water partition coefficient (Wildman–Crippen LogP) is 2.13. The second-order valence-corrected chi connectivity index (χ2v) is 7.38. The third-order valence-electron chi connectivity index (χ3n) is 4.74. The molecule has 2 rings (SSSR count). The highest BCUT2D eigenvalue weighted by molar-refractivity contribution is 5.78. The Morgan fingerprint density at radius 3 is 2.56 bits per heavy atom. The van der Waals surface area contributed by atoms with Gasteiger partial charge in [0.2, 0.25) is 5.91 Å². The molecular weight excluding hydrogens is 314 g/mol. The van der Waals surface area contributed by atoms with Crippen LogP contribution in [0.1, 0.15) is 32.8 Å². The molecule has 0 radical (unpaired) electrons. The predicted molar refractivity (Wildman–Crippen MR) is 101 cm³/mol. The molecule has 1 aliphatic heterocycles. The summed E-state index contributed by atoms with van der Waals surface area (Å²) in [6.45, 7) is 12.8. The summed E-state index contributed by atoms with van der Waals surface area (Å²) >= 11 is 0. The molecule has 1 heterocycles. The van der Waals surface area contributed by atoms with E-state index in [2.05, 4.69) is 48.0 Å². The van der Waals surface area contributed by atoms with Crippen LogP contribution in [-0.4, -0.2) is 67.2 Å². The molecule has 140 valence electrons. The molecule has 0 saturated carbocycles. The number of carbonyl (C=O) groups excluding carboxylic acids is 1. The van der Waals surface area contributed by atoms with Crippen molar-refractivity contribution in [1.29, 1.82) is 0 Å². The Labute approximate surface area is 152 Å². The smallest absolute Gasteiger partial charge is 0.234 e. The van der Waals surface area contributed by atoms with E-state index < -0.39 is 0 Å². The van der Waals surface area contributed by atoms with E-state index in [4.69, 9.17) is 4.74 Å². The van der Waals surface area contributed by atoms with Gasteiger partial charge in [0.15, 0.2) is 0 Å². The van der Waals surface area contributed by atoms with Crippen molar-refractivity contribution in [2.75, 3.05) is 45.9 Å².